The molecule has 4 aliphatic rings. The van der Waals surface area contributed by atoms with E-state index in [0.717, 1.165) is 56.9 Å². The molecule has 128 valence electrons. The SMILES string of the molecule is C=C1[C@H]2CC[C@H]3[C@]4(C)CCC[C@@](C)(C(=O)O)[C@H]4CC[C@]3(C2)[C@H]1O. The fourth-order valence-corrected chi connectivity index (χ4v) is 7.62. The molecule has 4 saturated carbocycles. The van der Waals surface area contributed by atoms with Crippen molar-refractivity contribution in [1.82, 2.24) is 0 Å². The molecule has 0 aliphatic heterocycles. The van der Waals surface area contributed by atoms with E-state index in [0.29, 0.717) is 11.8 Å². The highest BCUT2D eigenvalue weighted by Gasteiger charge is 2.67. The summed E-state index contributed by atoms with van der Waals surface area (Å²) in [7, 11) is 0. The molecule has 7 atom stereocenters. The number of rotatable bonds is 1. The van der Waals surface area contributed by atoms with E-state index in [1.807, 2.05) is 6.92 Å². The van der Waals surface area contributed by atoms with Gasteiger partial charge in [-0.15, -0.1) is 0 Å². The summed E-state index contributed by atoms with van der Waals surface area (Å²) in [4.78, 5) is 12.0. The van der Waals surface area contributed by atoms with Crippen molar-refractivity contribution in [3.8, 4) is 0 Å². The van der Waals surface area contributed by atoms with Gasteiger partial charge < -0.3 is 10.2 Å². The minimum Gasteiger partial charge on any atom is -0.481 e. The molecule has 2 bridgehead atoms. The van der Waals surface area contributed by atoms with Gasteiger partial charge in [0.25, 0.3) is 0 Å². The van der Waals surface area contributed by atoms with Crippen LogP contribution in [0.4, 0.5) is 0 Å². The molecule has 3 nitrogen and oxygen atoms in total. The van der Waals surface area contributed by atoms with E-state index in [9.17, 15) is 15.0 Å². The fraction of sp³-hybridized carbons (Fsp3) is 0.850. The Kier molecular flexibility index (Phi) is 3.15. The van der Waals surface area contributed by atoms with E-state index in [-0.39, 0.29) is 22.9 Å². The minimum atomic E-state index is -0.616. The molecular weight excluding hydrogens is 288 g/mol. The second kappa shape index (κ2) is 4.62. The van der Waals surface area contributed by atoms with Crippen molar-refractivity contribution in [3.05, 3.63) is 12.2 Å². The summed E-state index contributed by atoms with van der Waals surface area (Å²) in [5.41, 5.74) is 0.514. The Balaban J connectivity index is 1.78. The Morgan fingerprint density at radius 3 is 2.57 bits per heavy atom. The number of carboxylic acids is 1. The molecule has 2 N–H and O–H groups in total. The Morgan fingerprint density at radius 1 is 1.13 bits per heavy atom. The largest absolute Gasteiger partial charge is 0.481 e. The molecule has 0 aromatic rings. The smallest absolute Gasteiger partial charge is 0.309 e. The number of carbonyl (C=O) groups is 1. The predicted molar refractivity (Wildman–Crippen MR) is 88.8 cm³/mol. The molecule has 1 spiro atoms. The lowest BCUT2D eigenvalue weighted by Gasteiger charge is -2.63. The molecule has 4 aliphatic carbocycles. The lowest BCUT2D eigenvalue weighted by atomic mass is 9.40. The van der Waals surface area contributed by atoms with Gasteiger partial charge in [-0.05, 0) is 80.6 Å². The summed E-state index contributed by atoms with van der Waals surface area (Å²) in [5, 5.41) is 20.9. The third-order valence-electron chi connectivity index (χ3n) is 8.70. The summed E-state index contributed by atoms with van der Waals surface area (Å²) in [6.45, 7) is 8.53. The Hall–Kier alpha value is -0.830. The summed E-state index contributed by atoms with van der Waals surface area (Å²) in [6, 6.07) is 0. The lowest BCUT2D eigenvalue weighted by Crippen LogP contribution is -2.60. The van der Waals surface area contributed by atoms with Gasteiger partial charge in [-0.25, -0.2) is 0 Å². The van der Waals surface area contributed by atoms with Crippen LogP contribution >= 0.6 is 0 Å². The molecule has 4 fully saturated rings. The molecule has 4 rings (SSSR count). The van der Waals surface area contributed by atoms with Gasteiger partial charge in [0, 0.05) is 5.41 Å². The van der Waals surface area contributed by atoms with Crippen molar-refractivity contribution in [2.75, 3.05) is 0 Å². The highest BCUT2D eigenvalue weighted by atomic mass is 16.4. The molecule has 0 radical (unpaired) electrons. The van der Waals surface area contributed by atoms with Gasteiger partial charge in [0.05, 0.1) is 11.5 Å². The van der Waals surface area contributed by atoms with Gasteiger partial charge in [0.2, 0.25) is 0 Å². The third-order valence-corrected chi connectivity index (χ3v) is 8.70. The zero-order chi connectivity index (χ0) is 16.6. The highest BCUT2D eigenvalue weighted by Crippen LogP contribution is 2.72. The number of aliphatic carboxylic acids is 1. The minimum absolute atomic E-state index is 0.0119. The first-order valence-corrected chi connectivity index (χ1v) is 9.36. The molecule has 0 amide bonds. The molecule has 3 heteroatoms. The molecule has 23 heavy (non-hydrogen) atoms. The maximum absolute atomic E-state index is 12.0. The Bertz CT molecular complexity index is 569. The lowest BCUT2D eigenvalue weighted by molar-refractivity contribution is -0.190. The number of fused-ring (bicyclic) bond motifs is 3. The van der Waals surface area contributed by atoms with Crippen LogP contribution in [0.3, 0.4) is 0 Å². The highest BCUT2D eigenvalue weighted by molar-refractivity contribution is 5.75. The van der Waals surface area contributed by atoms with Crippen molar-refractivity contribution in [2.45, 2.75) is 71.3 Å². The van der Waals surface area contributed by atoms with E-state index in [2.05, 4.69) is 13.5 Å². The topological polar surface area (TPSA) is 57.5 Å². The summed E-state index contributed by atoms with van der Waals surface area (Å²) in [5.74, 6) is 0.581. The number of aliphatic hydroxyl groups is 1. The second-order valence-electron chi connectivity index (χ2n) is 9.41. The molecule has 0 aromatic carbocycles. The number of carboxylic acid groups (broad SMARTS) is 1. The van der Waals surface area contributed by atoms with Crippen LogP contribution in [-0.4, -0.2) is 22.3 Å². The summed E-state index contributed by atoms with van der Waals surface area (Å²) >= 11 is 0. The quantitative estimate of drug-likeness (QED) is 0.718. The van der Waals surface area contributed by atoms with E-state index >= 15 is 0 Å². The van der Waals surface area contributed by atoms with Gasteiger partial charge in [0.1, 0.15) is 0 Å². The first-order valence-electron chi connectivity index (χ1n) is 9.36. The number of hydrogen-bond donors (Lipinski definition) is 2. The van der Waals surface area contributed by atoms with Crippen LogP contribution in [0.15, 0.2) is 12.2 Å². The number of hydrogen-bond acceptors (Lipinski definition) is 2. The molecular formula is C20H30O3. The second-order valence-corrected chi connectivity index (χ2v) is 9.41. The monoisotopic (exact) mass is 318 g/mol. The van der Waals surface area contributed by atoms with Crippen LogP contribution in [0.25, 0.3) is 0 Å². The first kappa shape index (κ1) is 15.7. The van der Waals surface area contributed by atoms with Crippen molar-refractivity contribution in [3.63, 3.8) is 0 Å². The van der Waals surface area contributed by atoms with Crippen molar-refractivity contribution in [1.29, 1.82) is 0 Å². The predicted octanol–water partition coefficient (Wildman–Crippen LogP) is 4.01. The molecule has 0 aromatic heterocycles. The first-order chi connectivity index (χ1) is 10.8. The van der Waals surface area contributed by atoms with E-state index in [4.69, 9.17) is 0 Å². The van der Waals surface area contributed by atoms with Crippen LogP contribution in [0.1, 0.15) is 65.2 Å². The van der Waals surface area contributed by atoms with Crippen molar-refractivity contribution >= 4 is 5.97 Å². The zero-order valence-corrected chi connectivity index (χ0v) is 14.5. The molecule has 0 heterocycles. The van der Waals surface area contributed by atoms with E-state index in [1.165, 1.54) is 0 Å². The average molecular weight is 318 g/mol. The van der Waals surface area contributed by atoms with Gasteiger partial charge in [-0.2, -0.15) is 0 Å². The standard InChI is InChI=1S/C20H30O3/c1-12-13-5-6-15-18(2)8-4-9-19(3,17(22)23)14(18)7-10-20(15,11-13)16(12)21/h13-16,21H,1,4-11H2,2-3H3,(H,22,23)/t13-,14-,15-,16-,18+,19+,20+/m0/s1. The molecule has 0 saturated heterocycles. The summed E-state index contributed by atoms with van der Waals surface area (Å²) in [6.07, 6.45) is 7.86. The molecule has 0 unspecified atom stereocenters. The van der Waals surface area contributed by atoms with Crippen LogP contribution in [0.2, 0.25) is 0 Å². The van der Waals surface area contributed by atoms with Crippen molar-refractivity contribution < 1.29 is 15.0 Å². The van der Waals surface area contributed by atoms with Gasteiger partial charge in [0.15, 0.2) is 0 Å². The maximum atomic E-state index is 12.0. The van der Waals surface area contributed by atoms with Crippen LogP contribution < -0.4 is 0 Å². The fourth-order valence-electron chi connectivity index (χ4n) is 7.62. The Morgan fingerprint density at radius 2 is 1.87 bits per heavy atom. The van der Waals surface area contributed by atoms with Crippen LogP contribution in [-0.2, 0) is 4.79 Å². The number of aliphatic hydroxyl groups excluding tert-OH is 1. The average Bonchev–Trinajstić information content (AvgIpc) is 2.68. The Labute approximate surface area is 139 Å². The van der Waals surface area contributed by atoms with Crippen molar-refractivity contribution in [2.24, 2.45) is 34.0 Å². The summed E-state index contributed by atoms with van der Waals surface area (Å²) < 4.78 is 0. The normalized spacial score (nSPS) is 55.2. The van der Waals surface area contributed by atoms with Gasteiger partial charge in [-0.3, -0.25) is 4.79 Å². The zero-order valence-electron chi connectivity index (χ0n) is 14.5. The van der Waals surface area contributed by atoms with Crippen LogP contribution in [0.5, 0.6) is 0 Å². The third kappa shape index (κ3) is 1.72. The van der Waals surface area contributed by atoms with Gasteiger partial charge in [-0.1, -0.05) is 19.9 Å². The maximum Gasteiger partial charge on any atom is 0.309 e. The van der Waals surface area contributed by atoms with E-state index in [1.54, 1.807) is 0 Å². The van der Waals surface area contributed by atoms with E-state index < -0.39 is 11.4 Å². The van der Waals surface area contributed by atoms with Gasteiger partial charge >= 0.3 is 5.97 Å². The van der Waals surface area contributed by atoms with Crippen LogP contribution in [0, 0.1) is 34.0 Å².